The van der Waals surface area contributed by atoms with Crippen molar-refractivity contribution in [2.24, 2.45) is 14.1 Å². The second-order valence-electron chi connectivity index (χ2n) is 5.05. The highest BCUT2D eigenvalue weighted by Gasteiger charge is 2.26. The van der Waals surface area contributed by atoms with Crippen molar-refractivity contribution in [3.63, 3.8) is 0 Å². The molecule has 102 valence electrons. The van der Waals surface area contributed by atoms with E-state index in [1.54, 1.807) is 7.05 Å². The molecule has 0 radical (unpaired) electrons. The Morgan fingerprint density at radius 3 is 2.47 bits per heavy atom. The van der Waals surface area contributed by atoms with E-state index in [2.05, 4.69) is 6.92 Å². The smallest absolute Gasteiger partial charge is 0.332 e. The van der Waals surface area contributed by atoms with Gasteiger partial charge in [0.1, 0.15) is 11.9 Å². The Kier molecular flexibility index (Phi) is 3.47. The summed E-state index contributed by atoms with van der Waals surface area (Å²) in [6, 6.07) is 2.19. The van der Waals surface area contributed by atoms with Crippen LogP contribution >= 0.6 is 0 Å². The molecule has 1 aliphatic heterocycles. The van der Waals surface area contributed by atoms with Crippen molar-refractivity contribution in [2.75, 3.05) is 11.4 Å². The predicted octanol–water partition coefficient (Wildman–Crippen LogP) is 0.334. The molecule has 1 saturated heterocycles. The van der Waals surface area contributed by atoms with Crippen LogP contribution in [0.5, 0.6) is 0 Å². The Morgan fingerprint density at radius 2 is 1.89 bits per heavy atom. The Bertz CT molecular complexity index is 650. The van der Waals surface area contributed by atoms with Gasteiger partial charge in [-0.1, -0.05) is 0 Å². The molecule has 1 aliphatic rings. The fourth-order valence-electron chi connectivity index (χ4n) is 2.68. The van der Waals surface area contributed by atoms with E-state index in [0.717, 1.165) is 30.4 Å². The molecular weight excluding hydrogens is 244 g/mol. The maximum atomic E-state index is 12.0. The maximum Gasteiger partial charge on any atom is 0.332 e. The van der Waals surface area contributed by atoms with Crippen molar-refractivity contribution in [3.05, 3.63) is 26.4 Å². The second-order valence-corrected chi connectivity index (χ2v) is 5.05. The summed E-state index contributed by atoms with van der Waals surface area (Å²) in [7, 11) is 3.01. The molecule has 1 aromatic heterocycles. The molecular formula is C13H18N4O2. The summed E-state index contributed by atoms with van der Waals surface area (Å²) in [4.78, 5) is 26.1. The largest absolute Gasteiger partial charge is 0.354 e. The lowest BCUT2D eigenvalue weighted by Crippen LogP contribution is -2.46. The molecule has 1 atom stereocenters. The molecule has 0 amide bonds. The van der Waals surface area contributed by atoms with Gasteiger partial charge < -0.3 is 4.90 Å². The first kappa shape index (κ1) is 13.4. The summed E-state index contributed by atoms with van der Waals surface area (Å²) in [5.41, 5.74) is -0.853. The first-order chi connectivity index (χ1) is 8.99. The molecule has 2 heterocycles. The van der Waals surface area contributed by atoms with Crippen LogP contribution < -0.4 is 16.1 Å². The molecule has 2 rings (SSSR count). The van der Waals surface area contributed by atoms with Gasteiger partial charge in [0, 0.05) is 26.7 Å². The van der Waals surface area contributed by atoms with Gasteiger partial charge in [0.15, 0.2) is 5.56 Å². The number of hydrogen-bond donors (Lipinski definition) is 0. The van der Waals surface area contributed by atoms with Gasteiger partial charge in [-0.3, -0.25) is 13.9 Å². The van der Waals surface area contributed by atoms with Crippen molar-refractivity contribution in [1.29, 1.82) is 5.26 Å². The summed E-state index contributed by atoms with van der Waals surface area (Å²) < 4.78 is 2.39. The van der Waals surface area contributed by atoms with Crippen LogP contribution in [0.4, 0.5) is 5.82 Å². The lowest BCUT2D eigenvalue weighted by molar-refractivity contribution is 0.471. The van der Waals surface area contributed by atoms with Gasteiger partial charge in [0.25, 0.3) is 5.56 Å². The number of aromatic nitrogens is 2. The molecule has 0 aliphatic carbocycles. The highest BCUT2D eigenvalue weighted by atomic mass is 16.2. The molecule has 0 saturated carbocycles. The monoisotopic (exact) mass is 262 g/mol. The number of hydrogen-bond acceptors (Lipinski definition) is 4. The van der Waals surface area contributed by atoms with E-state index in [1.165, 1.54) is 11.6 Å². The van der Waals surface area contributed by atoms with Crippen molar-refractivity contribution in [3.8, 4) is 6.07 Å². The van der Waals surface area contributed by atoms with Crippen molar-refractivity contribution < 1.29 is 0 Å². The van der Waals surface area contributed by atoms with Gasteiger partial charge in [-0.05, 0) is 26.2 Å². The molecule has 0 aromatic carbocycles. The molecule has 6 heteroatoms. The third-order valence-electron chi connectivity index (χ3n) is 3.82. The first-order valence-electron chi connectivity index (χ1n) is 6.45. The van der Waals surface area contributed by atoms with Crippen LogP contribution in [0.2, 0.25) is 0 Å². The van der Waals surface area contributed by atoms with Gasteiger partial charge >= 0.3 is 5.69 Å². The second kappa shape index (κ2) is 4.92. The van der Waals surface area contributed by atoms with Gasteiger partial charge in [0.05, 0.1) is 0 Å². The fourth-order valence-corrected chi connectivity index (χ4v) is 2.68. The average molecular weight is 262 g/mol. The normalized spacial score (nSPS) is 19.3. The third kappa shape index (κ3) is 2.05. The Hall–Kier alpha value is -2.03. The van der Waals surface area contributed by atoms with Gasteiger partial charge in [0.2, 0.25) is 0 Å². The minimum atomic E-state index is -0.515. The summed E-state index contributed by atoms with van der Waals surface area (Å²) in [5, 5.41) is 9.25. The number of rotatable bonds is 1. The maximum absolute atomic E-state index is 12.0. The standard InChI is InChI=1S/C13H18N4O2/c1-9-6-4-5-7-17(9)11-10(8-14)12(18)16(3)13(19)15(11)2/h9H,4-7H2,1-3H3/t9-/m0/s1. The number of anilines is 1. The number of piperidine rings is 1. The SMILES string of the molecule is C[C@H]1CCCCN1c1c(C#N)c(=O)n(C)c(=O)n1C. The fraction of sp³-hybridized carbons (Fsp3) is 0.615. The minimum Gasteiger partial charge on any atom is -0.354 e. The van der Waals surface area contributed by atoms with Crippen LogP contribution in [0.25, 0.3) is 0 Å². The van der Waals surface area contributed by atoms with Crippen LogP contribution in [-0.2, 0) is 14.1 Å². The van der Waals surface area contributed by atoms with Crippen molar-refractivity contribution in [2.45, 2.75) is 32.2 Å². The molecule has 0 unspecified atom stereocenters. The van der Waals surface area contributed by atoms with E-state index in [0.29, 0.717) is 5.82 Å². The summed E-state index contributed by atoms with van der Waals surface area (Å²) in [6.07, 6.45) is 3.16. The topological polar surface area (TPSA) is 71.0 Å². The number of nitriles is 1. The number of nitrogens with zero attached hydrogens (tertiary/aromatic N) is 4. The summed E-state index contributed by atoms with van der Waals surface area (Å²) in [5.74, 6) is 0.461. The third-order valence-corrected chi connectivity index (χ3v) is 3.82. The molecule has 1 aromatic rings. The van der Waals surface area contributed by atoms with Gasteiger partial charge in [-0.25, -0.2) is 4.79 Å². The first-order valence-corrected chi connectivity index (χ1v) is 6.45. The highest BCUT2D eigenvalue weighted by molar-refractivity contribution is 5.54. The highest BCUT2D eigenvalue weighted by Crippen LogP contribution is 2.24. The lowest BCUT2D eigenvalue weighted by Gasteiger charge is -2.36. The summed E-state index contributed by atoms with van der Waals surface area (Å²) in [6.45, 7) is 2.83. The summed E-state index contributed by atoms with van der Waals surface area (Å²) >= 11 is 0. The average Bonchev–Trinajstić information content (AvgIpc) is 2.41. The van der Waals surface area contributed by atoms with Gasteiger partial charge in [-0.15, -0.1) is 0 Å². The molecule has 0 N–H and O–H groups in total. The predicted molar refractivity (Wildman–Crippen MR) is 72.3 cm³/mol. The molecule has 0 spiro atoms. The van der Waals surface area contributed by atoms with Gasteiger partial charge in [-0.2, -0.15) is 5.26 Å². The zero-order valence-corrected chi connectivity index (χ0v) is 11.5. The van der Waals surface area contributed by atoms with E-state index >= 15 is 0 Å². The lowest BCUT2D eigenvalue weighted by atomic mass is 10.0. The zero-order valence-electron chi connectivity index (χ0n) is 11.5. The minimum absolute atomic E-state index is 0.0540. The van der Waals surface area contributed by atoms with Crippen LogP contribution in [0.15, 0.2) is 9.59 Å². The zero-order chi connectivity index (χ0) is 14.2. The van der Waals surface area contributed by atoms with Crippen LogP contribution in [0, 0.1) is 11.3 Å². The van der Waals surface area contributed by atoms with Crippen LogP contribution in [0.3, 0.4) is 0 Å². The van der Waals surface area contributed by atoms with Crippen LogP contribution in [-0.4, -0.2) is 21.7 Å². The van der Waals surface area contributed by atoms with E-state index in [1.807, 2.05) is 11.0 Å². The molecule has 19 heavy (non-hydrogen) atoms. The van der Waals surface area contributed by atoms with Crippen LogP contribution in [0.1, 0.15) is 31.7 Å². The Labute approximate surface area is 111 Å². The Morgan fingerprint density at radius 1 is 1.21 bits per heavy atom. The van der Waals surface area contributed by atoms with Crippen molar-refractivity contribution >= 4 is 5.82 Å². The Balaban J connectivity index is 2.73. The van der Waals surface area contributed by atoms with E-state index in [4.69, 9.17) is 0 Å². The van der Waals surface area contributed by atoms with E-state index < -0.39 is 11.2 Å². The van der Waals surface area contributed by atoms with E-state index in [-0.39, 0.29) is 11.6 Å². The molecule has 1 fully saturated rings. The van der Waals surface area contributed by atoms with E-state index in [9.17, 15) is 14.9 Å². The van der Waals surface area contributed by atoms with Crippen molar-refractivity contribution in [1.82, 2.24) is 9.13 Å². The molecule has 0 bridgehead atoms. The molecule has 6 nitrogen and oxygen atoms in total. The quantitative estimate of drug-likeness (QED) is 0.731.